The molecule has 1 aromatic carbocycles. The van der Waals surface area contributed by atoms with Crippen LogP contribution in [0.25, 0.3) is 17.1 Å². The molecule has 2 aromatic heterocycles. The number of hydrogen-bond acceptors (Lipinski definition) is 6. The molecule has 1 amide bonds. The van der Waals surface area contributed by atoms with Crippen LogP contribution in [0.5, 0.6) is 5.75 Å². The van der Waals surface area contributed by atoms with Gasteiger partial charge in [0.05, 0.1) is 12.4 Å². The van der Waals surface area contributed by atoms with Crippen LogP contribution in [-0.4, -0.2) is 38.0 Å². The second kappa shape index (κ2) is 7.35. The number of pyridine rings is 1. The van der Waals surface area contributed by atoms with E-state index in [9.17, 15) is 4.79 Å². The standard InChI is InChI=1S/C17H17N5O2S/c1-11(15(18)23)25-17-21-20-16(12-7-9-19-10-8-12)22(17)13-3-5-14(24-2)6-4-13/h3-11H,1-2H3,(H2,18,23). The van der Waals surface area contributed by atoms with Crippen molar-refractivity contribution in [3.63, 3.8) is 0 Å². The van der Waals surface area contributed by atoms with E-state index >= 15 is 0 Å². The van der Waals surface area contributed by atoms with Crippen LogP contribution in [0.2, 0.25) is 0 Å². The third kappa shape index (κ3) is 3.63. The lowest BCUT2D eigenvalue weighted by Gasteiger charge is -2.12. The maximum absolute atomic E-state index is 11.4. The molecule has 7 nitrogen and oxygen atoms in total. The van der Waals surface area contributed by atoms with Gasteiger partial charge >= 0.3 is 0 Å². The summed E-state index contributed by atoms with van der Waals surface area (Å²) in [5, 5.41) is 8.71. The van der Waals surface area contributed by atoms with E-state index in [4.69, 9.17) is 10.5 Å². The van der Waals surface area contributed by atoms with E-state index in [1.54, 1.807) is 26.4 Å². The fourth-order valence-corrected chi connectivity index (χ4v) is 3.03. The fraction of sp³-hybridized carbons (Fsp3) is 0.176. The molecule has 0 spiro atoms. The second-order valence-electron chi connectivity index (χ2n) is 5.24. The summed E-state index contributed by atoms with van der Waals surface area (Å²) < 4.78 is 7.10. The molecule has 2 heterocycles. The highest BCUT2D eigenvalue weighted by Crippen LogP contribution is 2.30. The van der Waals surface area contributed by atoms with Crippen LogP contribution in [0, 0.1) is 0 Å². The van der Waals surface area contributed by atoms with Crippen molar-refractivity contribution in [2.75, 3.05) is 7.11 Å². The number of methoxy groups -OCH3 is 1. The molecular formula is C17H17N5O2S. The Morgan fingerprint density at radius 1 is 1.16 bits per heavy atom. The predicted octanol–water partition coefficient (Wildman–Crippen LogP) is 2.30. The molecule has 2 N–H and O–H groups in total. The largest absolute Gasteiger partial charge is 0.497 e. The zero-order valence-electron chi connectivity index (χ0n) is 13.8. The number of nitrogens with zero attached hydrogens (tertiary/aromatic N) is 4. The molecule has 0 aliphatic carbocycles. The van der Waals surface area contributed by atoms with Gasteiger partial charge in [-0.1, -0.05) is 11.8 Å². The summed E-state index contributed by atoms with van der Waals surface area (Å²) in [5.41, 5.74) is 7.12. The van der Waals surface area contributed by atoms with Gasteiger partial charge in [0.2, 0.25) is 5.91 Å². The lowest BCUT2D eigenvalue weighted by Crippen LogP contribution is -2.23. The molecule has 25 heavy (non-hydrogen) atoms. The lowest BCUT2D eigenvalue weighted by atomic mass is 10.2. The number of hydrogen-bond donors (Lipinski definition) is 1. The first-order valence-corrected chi connectivity index (χ1v) is 8.44. The van der Waals surface area contributed by atoms with Crippen LogP contribution < -0.4 is 10.5 Å². The minimum absolute atomic E-state index is 0.403. The number of amides is 1. The number of carbonyl (C=O) groups is 1. The molecule has 3 aromatic rings. The quantitative estimate of drug-likeness (QED) is 0.682. The van der Waals surface area contributed by atoms with Crippen molar-refractivity contribution in [1.29, 1.82) is 0 Å². The fourth-order valence-electron chi connectivity index (χ4n) is 2.21. The van der Waals surface area contributed by atoms with Crippen molar-refractivity contribution in [2.24, 2.45) is 5.73 Å². The zero-order valence-corrected chi connectivity index (χ0v) is 14.6. The molecule has 0 saturated heterocycles. The van der Waals surface area contributed by atoms with Gasteiger partial charge in [-0.2, -0.15) is 0 Å². The van der Waals surface area contributed by atoms with Gasteiger partial charge < -0.3 is 10.5 Å². The van der Waals surface area contributed by atoms with Gasteiger partial charge in [0.15, 0.2) is 11.0 Å². The summed E-state index contributed by atoms with van der Waals surface area (Å²) in [6, 6.07) is 11.2. The van der Waals surface area contributed by atoms with E-state index in [0.717, 1.165) is 17.0 Å². The van der Waals surface area contributed by atoms with Gasteiger partial charge in [-0.25, -0.2) is 0 Å². The first kappa shape index (κ1) is 17.0. The monoisotopic (exact) mass is 355 g/mol. The number of primary amides is 1. The summed E-state index contributed by atoms with van der Waals surface area (Å²) in [6.07, 6.45) is 3.39. The predicted molar refractivity (Wildman–Crippen MR) is 95.7 cm³/mol. The first-order chi connectivity index (χ1) is 12.1. The molecule has 0 aliphatic heterocycles. The molecule has 0 radical (unpaired) electrons. The Kier molecular flexibility index (Phi) is 4.99. The molecule has 1 atom stereocenters. The van der Waals surface area contributed by atoms with E-state index in [0.29, 0.717) is 11.0 Å². The number of thioether (sulfide) groups is 1. The summed E-state index contributed by atoms with van der Waals surface area (Å²) >= 11 is 1.27. The average Bonchev–Trinajstić information content (AvgIpc) is 3.06. The van der Waals surface area contributed by atoms with Crippen LogP contribution in [0.1, 0.15) is 6.92 Å². The molecule has 0 fully saturated rings. The van der Waals surface area contributed by atoms with E-state index in [2.05, 4.69) is 15.2 Å². The topological polar surface area (TPSA) is 95.9 Å². The van der Waals surface area contributed by atoms with Gasteiger partial charge in [-0.15, -0.1) is 10.2 Å². The number of rotatable bonds is 6. The number of carbonyl (C=O) groups excluding carboxylic acids is 1. The minimum atomic E-state index is -0.425. The molecule has 0 aliphatic rings. The molecule has 128 valence electrons. The smallest absolute Gasteiger partial charge is 0.230 e. The highest BCUT2D eigenvalue weighted by molar-refractivity contribution is 8.00. The van der Waals surface area contributed by atoms with Crippen LogP contribution in [0.4, 0.5) is 0 Å². The van der Waals surface area contributed by atoms with Gasteiger partial charge in [-0.3, -0.25) is 14.3 Å². The van der Waals surface area contributed by atoms with Gasteiger partial charge in [0.1, 0.15) is 5.75 Å². The average molecular weight is 355 g/mol. The Labute approximate surface area is 149 Å². The molecule has 0 bridgehead atoms. The molecule has 0 saturated carbocycles. The zero-order chi connectivity index (χ0) is 17.8. The van der Waals surface area contributed by atoms with E-state index in [1.165, 1.54) is 11.8 Å². The molecule has 3 rings (SSSR count). The minimum Gasteiger partial charge on any atom is -0.497 e. The van der Waals surface area contributed by atoms with E-state index in [-0.39, 0.29) is 0 Å². The molecule has 1 unspecified atom stereocenters. The highest BCUT2D eigenvalue weighted by atomic mass is 32.2. The van der Waals surface area contributed by atoms with Crippen molar-refractivity contribution in [3.8, 4) is 22.8 Å². The van der Waals surface area contributed by atoms with Gasteiger partial charge in [0, 0.05) is 23.6 Å². The van der Waals surface area contributed by atoms with Crippen molar-refractivity contribution >= 4 is 17.7 Å². The Hall–Kier alpha value is -2.87. The van der Waals surface area contributed by atoms with Crippen LogP contribution >= 0.6 is 11.8 Å². The Morgan fingerprint density at radius 2 is 1.84 bits per heavy atom. The number of nitrogens with two attached hydrogens (primary N) is 1. The number of benzene rings is 1. The lowest BCUT2D eigenvalue weighted by molar-refractivity contribution is -0.117. The maximum atomic E-state index is 11.4. The Balaban J connectivity index is 2.10. The third-order valence-electron chi connectivity index (χ3n) is 3.59. The first-order valence-electron chi connectivity index (χ1n) is 7.56. The molecular weight excluding hydrogens is 338 g/mol. The van der Waals surface area contributed by atoms with E-state index in [1.807, 2.05) is 41.0 Å². The normalized spacial score (nSPS) is 11.9. The van der Waals surface area contributed by atoms with Crippen molar-refractivity contribution in [1.82, 2.24) is 19.7 Å². The summed E-state index contributed by atoms with van der Waals surface area (Å²) in [6.45, 7) is 1.74. The van der Waals surface area contributed by atoms with Crippen molar-refractivity contribution < 1.29 is 9.53 Å². The van der Waals surface area contributed by atoms with Crippen molar-refractivity contribution in [3.05, 3.63) is 48.8 Å². The Bertz CT molecular complexity index is 865. The van der Waals surface area contributed by atoms with Crippen LogP contribution in [-0.2, 0) is 4.79 Å². The Morgan fingerprint density at radius 3 is 2.44 bits per heavy atom. The van der Waals surface area contributed by atoms with Gasteiger partial charge in [0.25, 0.3) is 0 Å². The van der Waals surface area contributed by atoms with Gasteiger partial charge in [-0.05, 0) is 43.3 Å². The van der Waals surface area contributed by atoms with Crippen LogP contribution in [0.3, 0.4) is 0 Å². The SMILES string of the molecule is COc1ccc(-n2c(SC(C)C(N)=O)nnc2-c2ccncc2)cc1. The maximum Gasteiger partial charge on any atom is 0.230 e. The summed E-state index contributed by atoms with van der Waals surface area (Å²) in [5.74, 6) is 1.01. The highest BCUT2D eigenvalue weighted by Gasteiger charge is 2.20. The third-order valence-corrected chi connectivity index (χ3v) is 4.65. The molecule has 8 heteroatoms. The van der Waals surface area contributed by atoms with Crippen LogP contribution in [0.15, 0.2) is 53.9 Å². The summed E-state index contributed by atoms with van der Waals surface area (Å²) in [7, 11) is 1.62. The van der Waals surface area contributed by atoms with E-state index < -0.39 is 11.2 Å². The summed E-state index contributed by atoms with van der Waals surface area (Å²) in [4.78, 5) is 15.5. The number of ether oxygens (including phenoxy) is 1. The number of aromatic nitrogens is 4. The second-order valence-corrected chi connectivity index (χ2v) is 6.55. The van der Waals surface area contributed by atoms with Crippen molar-refractivity contribution in [2.45, 2.75) is 17.3 Å².